The lowest BCUT2D eigenvalue weighted by atomic mass is 10.5. The molecule has 0 radical (unpaired) electrons. The van der Waals surface area contributed by atoms with Gasteiger partial charge in [0, 0.05) is 13.1 Å². The maximum atomic E-state index is 4.22. The molecule has 2 heterocycles. The van der Waals surface area contributed by atoms with Crippen molar-refractivity contribution in [1.82, 2.24) is 24.5 Å². The van der Waals surface area contributed by atoms with E-state index in [4.69, 9.17) is 0 Å². The van der Waals surface area contributed by atoms with Crippen molar-refractivity contribution >= 4 is 0 Å². The number of nitrogens with zero attached hydrogens (tertiary/aromatic N) is 5. The zero-order chi connectivity index (χ0) is 9.42. The number of aromatic nitrogens is 5. The zero-order valence-electron chi connectivity index (χ0n) is 7.89. The molecule has 0 fully saturated rings. The maximum Gasteiger partial charge on any atom is 0.153 e. The summed E-state index contributed by atoms with van der Waals surface area (Å²) >= 11 is 0. The second kappa shape index (κ2) is 2.69. The second-order valence-corrected chi connectivity index (χ2v) is 3.00. The van der Waals surface area contributed by atoms with Gasteiger partial charge in [0.05, 0.1) is 5.69 Å². The van der Waals surface area contributed by atoms with Gasteiger partial charge in [-0.05, 0) is 13.8 Å². The molecule has 0 saturated carbocycles. The van der Waals surface area contributed by atoms with Gasteiger partial charge in [-0.1, -0.05) is 0 Å². The Morgan fingerprint density at radius 3 is 2.46 bits per heavy atom. The highest BCUT2D eigenvalue weighted by Gasteiger charge is 2.04. The first-order chi connectivity index (χ1) is 6.16. The molecular formula is C8H11N5. The fraction of sp³-hybridized carbons (Fsp3) is 0.375. The molecule has 0 aliphatic heterocycles. The van der Waals surface area contributed by atoms with Gasteiger partial charge < -0.3 is 0 Å². The van der Waals surface area contributed by atoms with Gasteiger partial charge in [0.1, 0.15) is 12.2 Å². The first kappa shape index (κ1) is 7.97. The fourth-order valence-electron chi connectivity index (χ4n) is 1.27. The van der Waals surface area contributed by atoms with Crippen LogP contribution in [-0.2, 0) is 7.05 Å². The van der Waals surface area contributed by atoms with Gasteiger partial charge >= 0.3 is 0 Å². The summed E-state index contributed by atoms with van der Waals surface area (Å²) in [5, 5.41) is 8.42. The van der Waals surface area contributed by atoms with Gasteiger partial charge in [0.2, 0.25) is 0 Å². The topological polar surface area (TPSA) is 48.5 Å². The van der Waals surface area contributed by atoms with E-state index in [0.29, 0.717) is 0 Å². The van der Waals surface area contributed by atoms with Crippen LogP contribution < -0.4 is 0 Å². The first-order valence-electron chi connectivity index (χ1n) is 4.06. The van der Waals surface area contributed by atoms with E-state index in [1.54, 1.807) is 15.7 Å². The molecule has 2 aromatic rings. The minimum atomic E-state index is 0.763. The van der Waals surface area contributed by atoms with Gasteiger partial charge in [-0.25, -0.2) is 9.67 Å². The normalized spacial score (nSPS) is 10.7. The fourth-order valence-corrected chi connectivity index (χ4v) is 1.27. The SMILES string of the molecule is Cc1cc(-n2cnc(C)n2)n(C)n1. The molecule has 0 atom stereocenters. The van der Waals surface area contributed by atoms with E-state index >= 15 is 0 Å². The zero-order valence-corrected chi connectivity index (χ0v) is 7.89. The maximum absolute atomic E-state index is 4.22. The average Bonchev–Trinajstić information content (AvgIpc) is 2.58. The molecule has 5 nitrogen and oxygen atoms in total. The number of aryl methyl sites for hydroxylation is 3. The molecule has 0 N–H and O–H groups in total. The Balaban J connectivity index is 2.51. The number of hydrogen-bond donors (Lipinski definition) is 0. The first-order valence-corrected chi connectivity index (χ1v) is 4.06. The number of hydrogen-bond acceptors (Lipinski definition) is 3. The summed E-state index contributed by atoms with van der Waals surface area (Å²) in [4.78, 5) is 4.05. The predicted octanol–water partition coefficient (Wildman–Crippen LogP) is 0.618. The third-order valence-electron chi connectivity index (χ3n) is 1.82. The van der Waals surface area contributed by atoms with E-state index in [1.165, 1.54) is 0 Å². The van der Waals surface area contributed by atoms with Gasteiger partial charge in [0.25, 0.3) is 0 Å². The highest BCUT2D eigenvalue weighted by molar-refractivity contribution is 5.23. The summed E-state index contributed by atoms with van der Waals surface area (Å²) < 4.78 is 3.50. The summed E-state index contributed by atoms with van der Waals surface area (Å²) in [6.45, 7) is 3.81. The van der Waals surface area contributed by atoms with Crippen molar-refractivity contribution in [2.45, 2.75) is 13.8 Å². The molecule has 0 aliphatic rings. The predicted molar refractivity (Wildman–Crippen MR) is 47.6 cm³/mol. The van der Waals surface area contributed by atoms with Crippen LogP contribution in [0.3, 0.4) is 0 Å². The Bertz CT molecular complexity index is 425. The van der Waals surface area contributed by atoms with Crippen LogP contribution in [0.5, 0.6) is 0 Å². The molecule has 0 spiro atoms. The number of rotatable bonds is 1. The highest BCUT2D eigenvalue weighted by atomic mass is 15.4. The third kappa shape index (κ3) is 1.32. The molecule has 0 bridgehead atoms. The van der Waals surface area contributed by atoms with Crippen LogP contribution in [0, 0.1) is 13.8 Å². The van der Waals surface area contributed by atoms with Crippen molar-refractivity contribution in [3.8, 4) is 5.82 Å². The van der Waals surface area contributed by atoms with Gasteiger partial charge in [-0.2, -0.15) is 10.2 Å². The Kier molecular flexibility index (Phi) is 1.65. The van der Waals surface area contributed by atoms with Crippen LogP contribution in [0.25, 0.3) is 5.82 Å². The van der Waals surface area contributed by atoms with Crippen LogP contribution in [0.2, 0.25) is 0 Å². The van der Waals surface area contributed by atoms with E-state index in [9.17, 15) is 0 Å². The quantitative estimate of drug-likeness (QED) is 0.641. The van der Waals surface area contributed by atoms with E-state index in [2.05, 4.69) is 15.2 Å². The van der Waals surface area contributed by atoms with Gasteiger partial charge in [0.15, 0.2) is 5.82 Å². The lowest BCUT2D eigenvalue weighted by Crippen LogP contribution is -2.03. The molecule has 0 aliphatic carbocycles. The molecule has 0 amide bonds. The second-order valence-electron chi connectivity index (χ2n) is 3.00. The summed E-state index contributed by atoms with van der Waals surface area (Å²) in [5.41, 5.74) is 0.977. The Labute approximate surface area is 76.0 Å². The van der Waals surface area contributed by atoms with Crippen molar-refractivity contribution in [1.29, 1.82) is 0 Å². The summed E-state index contributed by atoms with van der Waals surface area (Å²) in [6, 6.07) is 1.97. The lowest BCUT2D eigenvalue weighted by molar-refractivity contribution is 0.691. The highest BCUT2D eigenvalue weighted by Crippen LogP contribution is 2.06. The van der Waals surface area contributed by atoms with Crippen LogP contribution >= 0.6 is 0 Å². The molecule has 2 rings (SSSR count). The van der Waals surface area contributed by atoms with E-state index in [1.807, 2.05) is 27.0 Å². The monoisotopic (exact) mass is 177 g/mol. The molecule has 0 unspecified atom stereocenters. The Morgan fingerprint density at radius 1 is 1.23 bits per heavy atom. The standard InChI is InChI=1S/C8H11N5/c1-6-4-8(12(3)10-6)13-5-9-7(2)11-13/h4-5H,1-3H3. The van der Waals surface area contributed by atoms with Crippen molar-refractivity contribution < 1.29 is 0 Å². The molecule has 5 heteroatoms. The van der Waals surface area contributed by atoms with Crippen molar-refractivity contribution in [3.63, 3.8) is 0 Å². The third-order valence-corrected chi connectivity index (χ3v) is 1.82. The molecule has 0 saturated heterocycles. The smallest absolute Gasteiger partial charge is 0.153 e. The van der Waals surface area contributed by atoms with Gasteiger partial charge in [-0.3, -0.25) is 4.68 Å². The minimum Gasteiger partial charge on any atom is -0.251 e. The summed E-state index contributed by atoms with van der Waals surface area (Å²) in [7, 11) is 1.89. The molecular weight excluding hydrogens is 166 g/mol. The van der Waals surface area contributed by atoms with Crippen molar-refractivity contribution in [2.24, 2.45) is 7.05 Å². The van der Waals surface area contributed by atoms with E-state index in [-0.39, 0.29) is 0 Å². The van der Waals surface area contributed by atoms with Gasteiger partial charge in [-0.15, -0.1) is 0 Å². The largest absolute Gasteiger partial charge is 0.251 e. The Hall–Kier alpha value is -1.65. The Morgan fingerprint density at radius 2 is 2.00 bits per heavy atom. The van der Waals surface area contributed by atoms with Crippen LogP contribution in [-0.4, -0.2) is 24.5 Å². The lowest BCUT2D eigenvalue weighted by Gasteiger charge is -1.98. The van der Waals surface area contributed by atoms with Crippen LogP contribution in [0.4, 0.5) is 0 Å². The summed E-state index contributed by atoms with van der Waals surface area (Å²) in [6.07, 6.45) is 1.69. The van der Waals surface area contributed by atoms with Crippen LogP contribution in [0.1, 0.15) is 11.5 Å². The molecule has 13 heavy (non-hydrogen) atoms. The van der Waals surface area contributed by atoms with Crippen molar-refractivity contribution in [3.05, 3.63) is 23.9 Å². The average molecular weight is 177 g/mol. The minimum absolute atomic E-state index is 0.763. The molecule has 2 aromatic heterocycles. The van der Waals surface area contributed by atoms with Crippen molar-refractivity contribution in [2.75, 3.05) is 0 Å². The molecule has 0 aromatic carbocycles. The van der Waals surface area contributed by atoms with Crippen LogP contribution in [0.15, 0.2) is 12.4 Å². The molecule has 68 valence electrons. The van der Waals surface area contributed by atoms with E-state index < -0.39 is 0 Å². The summed E-state index contributed by atoms with van der Waals surface area (Å²) in [5.74, 6) is 1.69. The van der Waals surface area contributed by atoms with E-state index in [0.717, 1.165) is 17.3 Å².